The molecule has 0 amide bonds. The topological polar surface area (TPSA) is 167 Å². The van der Waals surface area contributed by atoms with E-state index in [0.29, 0.717) is 0 Å². The van der Waals surface area contributed by atoms with Gasteiger partial charge in [0, 0.05) is 11.9 Å². The van der Waals surface area contributed by atoms with E-state index in [0.717, 1.165) is 13.8 Å². The van der Waals surface area contributed by atoms with Crippen molar-refractivity contribution in [3.63, 3.8) is 0 Å². The summed E-state index contributed by atoms with van der Waals surface area (Å²) in [6, 6.07) is 0. The fraction of sp³-hybridized carbons (Fsp3) is 0.500. The Morgan fingerprint density at radius 1 is 1.29 bits per heavy atom. The second-order valence-electron chi connectivity index (χ2n) is 1.35. The number of carboxylic acid groups (broad SMARTS) is 2. The van der Waals surface area contributed by atoms with Gasteiger partial charge in [-0.2, -0.15) is 11.1 Å². The first-order valence-corrected chi connectivity index (χ1v) is 2.80. The number of hydrogen-bond acceptors (Lipinski definition) is 8. The zero-order valence-corrected chi connectivity index (χ0v) is 9.75. The van der Waals surface area contributed by atoms with Crippen molar-refractivity contribution in [2.45, 2.75) is 13.8 Å². The third-order valence-electron chi connectivity index (χ3n) is 0.120. The maximum absolute atomic E-state index is 8.89. The maximum Gasteiger partial charge on any atom is 2.00 e. The molecule has 14 heavy (non-hydrogen) atoms. The molecule has 0 bridgehead atoms. The fourth-order valence-corrected chi connectivity index (χ4v) is 0.0323. The average Bonchev–Trinajstić information content (AvgIpc) is 1.86. The van der Waals surface area contributed by atoms with Crippen LogP contribution in [0.5, 0.6) is 0 Å². The van der Waals surface area contributed by atoms with E-state index in [1.165, 1.54) is 0 Å². The summed E-state index contributed by atoms with van der Waals surface area (Å²) in [5.74, 6) is 2.40. The minimum Gasteiger partial charge on any atom is -0.550 e. The third-order valence-corrected chi connectivity index (χ3v) is 0.120. The second-order valence-corrected chi connectivity index (χ2v) is 1.35. The van der Waals surface area contributed by atoms with Gasteiger partial charge in [-0.15, -0.1) is 0 Å². The molecular formula is C4H11N5O4Pt. The average molecular weight is 388 g/mol. The van der Waals surface area contributed by atoms with Gasteiger partial charge in [0.2, 0.25) is 0 Å². The summed E-state index contributed by atoms with van der Waals surface area (Å²) in [5, 5.41) is 20.4. The van der Waals surface area contributed by atoms with Crippen LogP contribution in [0.25, 0.3) is 0 Å². The third kappa shape index (κ3) is 1200. The Bertz CT molecular complexity index is 135. The number of rotatable bonds is 2. The predicted octanol–water partition coefficient (Wildman–Crippen LogP) is -3.59. The van der Waals surface area contributed by atoms with E-state index in [-0.39, 0.29) is 21.1 Å². The summed E-state index contributed by atoms with van der Waals surface area (Å²) in [4.78, 5) is 17.8. The van der Waals surface area contributed by atoms with Gasteiger partial charge in [0.05, 0.1) is 0 Å². The van der Waals surface area contributed by atoms with E-state index in [4.69, 9.17) is 25.3 Å². The SMILES string of the molecule is CC(=O)[O-].CC(=O)[O-].N=NNNN.[Pt+2]. The van der Waals surface area contributed by atoms with Crippen molar-refractivity contribution >= 4 is 11.9 Å². The second kappa shape index (κ2) is 22.7. The molecule has 0 radical (unpaired) electrons. The predicted molar refractivity (Wildman–Crippen MR) is 37.0 cm³/mol. The van der Waals surface area contributed by atoms with Gasteiger partial charge >= 0.3 is 21.1 Å². The van der Waals surface area contributed by atoms with Gasteiger partial charge in [-0.3, -0.25) is 5.84 Å². The number of hydrogen-bond donors (Lipinski definition) is 4. The summed E-state index contributed by atoms with van der Waals surface area (Å²) in [5.41, 5.74) is 9.82. The smallest absolute Gasteiger partial charge is 0.550 e. The van der Waals surface area contributed by atoms with Crippen molar-refractivity contribution in [1.82, 2.24) is 11.1 Å². The van der Waals surface area contributed by atoms with Crippen LogP contribution in [0.2, 0.25) is 0 Å². The van der Waals surface area contributed by atoms with Gasteiger partial charge in [0.25, 0.3) is 0 Å². The maximum atomic E-state index is 8.89. The van der Waals surface area contributed by atoms with Crippen molar-refractivity contribution in [3.05, 3.63) is 0 Å². The van der Waals surface area contributed by atoms with Crippen LogP contribution in [0.4, 0.5) is 0 Å². The van der Waals surface area contributed by atoms with Crippen LogP contribution >= 0.6 is 0 Å². The van der Waals surface area contributed by atoms with E-state index in [2.05, 4.69) is 11.1 Å². The van der Waals surface area contributed by atoms with Crippen molar-refractivity contribution in [2.24, 2.45) is 11.1 Å². The molecule has 0 aliphatic heterocycles. The molecule has 0 saturated carbocycles. The Morgan fingerprint density at radius 3 is 1.50 bits per heavy atom. The first kappa shape index (κ1) is 23.1. The number of nitrogens with two attached hydrogens (primary N) is 1. The summed E-state index contributed by atoms with van der Waals surface area (Å²) in [7, 11) is 0. The molecule has 0 atom stereocenters. The fourth-order valence-electron chi connectivity index (χ4n) is 0.0323. The number of nitrogens with one attached hydrogen (secondary N) is 3. The van der Waals surface area contributed by atoms with Crippen molar-refractivity contribution < 1.29 is 40.9 Å². The molecule has 0 aromatic rings. The zero-order valence-electron chi connectivity index (χ0n) is 7.47. The molecule has 0 aromatic heterocycles. The van der Waals surface area contributed by atoms with Crippen LogP contribution in [0.15, 0.2) is 5.22 Å². The molecule has 5 N–H and O–H groups in total. The Kier molecular flexibility index (Phi) is 37.4. The Hall–Kier alpha value is -1.05. The first-order valence-electron chi connectivity index (χ1n) is 2.80. The van der Waals surface area contributed by atoms with Gasteiger partial charge in [0.1, 0.15) is 0 Å². The van der Waals surface area contributed by atoms with Crippen LogP contribution in [-0.2, 0) is 30.7 Å². The van der Waals surface area contributed by atoms with Crippen LogP contribution in [0.1, 0.15) is 13.8 Å². The molecule has 0 aliphatic carbocycles. The van der Waals surface area contributed by atoms with E-state index >= 15 is 0 Å². The van der Waals surface area contributed by atoms with Crippen molar-refractivity contribution in [1.29, 1.82) is 5.53 Å². The molecule has 9 nitrogen and oxygen atoms in total. The number of carboxylic acids is 2. The molecule has 0 unspecified atom stereocenters. The molecule has 0 aromatic carbocycles. The molecule has 10 heteroatoms. The molecule has 0 aliphatic rings. The summed E-state index contributed by atoms with van der Waals surface area (Å²) >= 11 is 0. The number of nitrogens with zero attached hydrogens (tertiary/aromatic N) is 1. The first-order chi connectivity index (χ1) is 5.88. The largest absolute Gasteiger partial charge is 2.00 e. The Balaban J connectivity index is -0.0000000522. The van der Waals surface area contributed by atoms with Crippen LogP contribution in [0, 0.1) is 5.53 Å². The number of hydrazine groups is 2. The standard InChI is InChI=1S/2C2H4O2.H5N5.Pt/c2*1-2(3)4;1-3-5-4-2;/h2*1H3,(H,3,4);(H,3,4)(H4,1,2,5);/q;;;+2/p-2. The summed E-state index contributed by atoms with van der Waals surface area (Å²) in [6.07, 6.45) is 0. The van der Waals surface area contributed by atoms with Crippen LogP contribution < -0.4 is 27.1 Å². The van der Waals surface area contributed by atoms with Crippen molar-refractivity contribution in [3.8, 4) is 0 Å². The quantitative estimate of drug-likeness (QED) is 0.215. The Labute approximate surface area is 94.7 Å². The molecule has 0 fully saturated rings. The molecule has 0 heterocycles. The molecular weight excluding hydrogens is 377 g/mol. The number of carbonyl (C=O) groups excluding carboxylic acids is 2. The van der Waals surface area contributed by atoms with E-state index in [1.54, 1.807) is 0 Å². The van der Waals surface area contributed by atoms with Crippen LogP contribution in [-0.4, -0.2) is 11.9 Å². The van der Waals surface area contributed by atoms with E-state index in [1.807, 2.05) is 11.1 Å². The van der Waals surface area contributed by atoms with Gasteiger partial charge in [-0.25, -0.2) is 5.53 Å². The summed E-state index contributed by atoms with van der Waals surface area (Å²) in [6.45, 7) is 1.94. The van der Waals surface area contributed by atoms with Gasteiger partial charge in [0.15, 0.2) is 0 Å². The van der Waals surface area contributed by atoms with E-state index < -0.39 is 11.9 Å². The molecule has 0 saturated heterocycles. The van der Waals surface area contributed by atoms with Gasteiger partial charge in [-0.1, -0.05) is 5.22 Å². The molecule has 0 rings (SSSR count). The number of aliphatic carboxylic acids is 2. The summed E-state index contributed by atoms with van der Waals surface area (Å²) < 4.78 is 0. The van der Waals surface area contributed by atoms with Crippen molar-refractivity contribution in [2.75, 3.05) is 0 Å². The monoisotopic (exact) mass is 388 g/mol. The Morgan fingerprint density at radius 2 is 1.50 bits per heavy atom. The number of carbonyl (C=O) groups is 2. The van der Waals surface area contributed by atoms with Crippen LogP contribution in [0.3, 0.4) is 0 Å². The minimum atomic E-state index is -1.08. The minimum absolute atomic E-state index is 0. The molecule has 86 valence electrons. The van der Waals surface area contributed by atoms with Gasteiger partial charge in [-0.05, 0) is 13.8 Å². The molecule has 0 spiro atoms. The van der Waals surface area contributed by atoms with E-state index in [9.17, 15) is 0 Å². The van der Waals surface area contributed by atoms with Gasteiger partial charge < -0.3 is 19.8 Å². The normalized spacial score (nSPS) is 5.93. The zero-order chi connectivity index (χ0) is 11.3.